The minimum absolute atomic E-state index is 0.239. The van der Waals surface area contributed by atoms with Crippen molar-refractivity contribution in [3.05, 3.63) is 32.4 Å². The maximum atomic E-state index is 11.5. The molecule has 1 aromatic rings. The van der Waals surface area contributed by atoms with Crippen molar-refractivity contribution in [1.82, 2.24) is 0 Å². The van der Waals surface area contributed by atoms with Crippen molar-refractivity contribution in [3.63, 3.8) is 0 Å². The lowest BCUT2D eigenvalue weighted by atomic mass is 9.97. The molecule has 17 heavy (non-hydrogen) atoms. The Kier molecular flexibility index (Phi) is 5.42. The minimum atomic E-state index is -0.243. The molecule has 1 rings (SSSR count). The van der Waals surface area contributed by atoms with Gasteiger partial charge in [-0.15, -0.1) is 0 Å². The summed E-state index contributed by atoms with van der Waals surface area (Å²) in [5.41, 5.74) is 2.49. The molecule has 0 spiro atoms. The molecule has 90 valence electrons. The molecule has 0 aliphatic carbocycles. The van der Waals surface area contributed by atoms with Crippen molar-refractivity contribution in [1.29, 1.82) is 5.26 Å². The molecule has 0 aliphatic heterocycles. The summed E-state index contributed by atoms with van der Waals surface area (Å²) in [5.74, 6) is -0.243. The van der Waals surface area contributed by atoms with Crippen LogP contribution in [0, 0.1) is 14.9 Å². The van der Waals surface area contributed by atoms with E-state index in [1.165, 1.54) is 0 Å². The average Bonchev–Trinajstić information content (AvgIpc) is 2.28. The van der Waals surface area contributed by atoms with Crippen LogP contribution in [0.2, 0.25) is 0 Å². The number of benzene rings is 1. The summed E-state index contributed by atoms with van der Waals surface area (Å²) >= 11 is 2.15. The number of carbonyl (C=O) groups excluding carboxylic acids is 1. The number of carbonyl (C=O) groups is 1. The van der Waals surface area contributed by atoms with Crippen molar-refractivity contribution in [2.45, 2.75) is 26.7 Å². The van der Waals surface area contributed by atoms with E-state index in [1.807, 2.05) is 19.1 Å². The highest BCUT2D eigenvalue weighted by molar-refractivity contribution is 14.1. The molecule has 1 aromatic carbocycles. The summed E-state index contributed by atoms with van der Waals surface area (Å²) in [6.45, 7) is 4.15. The molecule has 0 radical (unpaired) electrons. The largest absolute Gasteiger partial charge is 0.466 e. The molecule has 0 saturated carbocycles. The SMILES string of the molecule is CCOC(=O)Cc1cc(I)cc(C#N)c1CC. The number of hydrogen-bond acceptors (Lipinski definition) is 3. The molecule has 3 nitrogen and oxygen atoms in total. The molecule has 4 heteroatoms. The van der Waals surface area contributed by atoms with E-state index in [1.54, 1.807) is 6.92 Å². The summed E-state index contributed by atoms with van der Waals surface area (Å²) in [7, 11) is 0. The lowest BCUT2D eigenvalue weighted by Gasteiger charge is -2.10. The first-order valence-corrected chi connectivity index (χ1v) is 6.57. The van der Waals surface area contributed by atoms with E-state index in [2.05, 4.69) is 28.7 Å². The van der Waals surface area contributed by atoms with Gasteiger partial charge >= 0.3 is 5.97 Å². The molecule has 0 aliphatic rings. The summed E-state index contributed by atoms with van der Waals surface area (Å²) in [6.07, 6.45) is 0.983. The predicted molar refractivity (Wildman–Crippen MR) is 73.6 cm³/mol. The van der Waals surface area contributed by atoms with Gasteiger partial charge in [-0.25, -0.2) is 0 Å². The van der Waals surface area contributed by atoms with Crippen LogP contribution in [0.5, 0.6) is 0 Å². The number of rotatable bonds is 4. The van der Waals surface area contributed by atoms with Crippen molar-refractivity contribution in [2.24, 2.45) is 0 Å². The van der Waals surface area contributed by atoms with E-state index >= 15 is 0 Å². The van der Waals surface area contributed by atoms with E-state index in [9.17, 15) is 4.79 Å². The third kappa shape index (κ3) is 3.70. The van der Waals surface area contributed by atoms with Gasteiger partial charge < -0.3 is 4.74 Å². The second-order valence-corrected chi connectivity index (χ2v) is 4.78. The number of hydrogen-bond donors (Lipinski definition) is 0. The van der Waals surface area contributed by atoms with Crippen molar-refractivity contribution in [3.8, 4) is 6.07 Å². The zero-order valence-corrected chi connectivity index (χ0v) is 12.1. The molecule has 0 atom stereocenters. The second-order valence-electron chi connectivity index (χ2n) is 3.54. The maximum absolute atomic E-state index is 11.5. The summed E-state index contributed by atoms with van der Waals surface area (Å²) < 4.78 is 5.90. The van der Waals surface area contributed by atoms with Gasteiger partial charge in [0.25, 0.3) is 0 Å². The molecular weight excluding hydrogens is 329 g/mol. The number of halogens is 1. The summed E-state index contributed by atoms with van der Waals surface area (Å²) in [6, 6.07) is 5.96. The zero-order chi connectivity index (χ0) is 12.8. The van der Waals surface area contributed by atoms with Gasteiger partial charge in [0.2, 0.25) is 0 Å². The zero-order valence-electron chi connectivity index (χ0n) is 9.92. The summed E-state index contributed by atoms with van der Waals surface area (Å²) in [4.78, 5) is 11.5. The van der Waals surface area contributed by atoms with Gasteiger partial charge in [-0.2, -0.15) is 5.26 Å². The van der Waals surface area contributed by atoms with E-state index in [4.69, 9.17) is 10.00 Å². The van der Waals surface area contributed by atoms with Gasteiger partial charge in [-0.3, -0.25) is 4.79 Å². The van der Waals surface area contributed by atoms with E-state index in [-0.39, 0.29) is 12.4 Å². The molecule has 0 N–H and O–H groups in total. The highest BCUT2D eigenvalue weighted by Crippen LogP contribution is 2.20. The first-order chi connectivity index (χ1) is 8.12. The quantitative estimate of drug-likeness (QED) is 0.624. The molecule has 0 saturated heterocycles. The third-order valence-electron chi connectivity index (χ3n) is 2.42. The lowest BCUT2D eigenvalue weighted by molar-refractivity contribution is -0.142. The normalized spacial score (nSPS) is 9.76. The third-order valence-corrected chi connectivity index (χ3v) is 3.04. The van der Waals surface area contributed by atoms with Gasteiger partial charge in [0.05, 0.1) is 24.7 Å². The van der Waals surface area contributed by atoms with Gasteiger partial charge in [0.1, 0.15) is 0 Å². The van der Waals surface area contributed by atoms with E-state index in [0.29, 0.717) is 12.2 Å². The molecule has 0 bridgehead atoms. The number of nitriles is 1. The lowest BCUT2D eigenvalue weighted by Crippen LogP contribution is -2.10. The van der Waals surface area contributed by atoms with Gasteiger partial charge in [-0.05, 0) is 59.2 Å². The monoisotopic (exact) mass is 343 g/mol. The Morgan fingerprint density at radius 2 is 2.18 bits per heavy atom. The van der Waals surface area contributed by atoms with Gasteiger partial charge in [0, 0.05) is 3.57 Å². The fourth-order valence-corrected chi connectivity index (χ4v) is 2.42. The van der Waals surface area contributed by atoms with Crippen LogP contribution in [0.3, 0.4) is 0 Å². The Hall–Kier alpha value is -1.09. The smallest absolute Gasteiger partial charge is 0.310 e. The molecule has 0 fully saturated rings. The van der Waals surface area contributed by atoms with Crippen LogP contribution in [0.15, 0.2) is 12.1 Å². The molecule has 0 unspecified atom stereocenters. The first-order valence-electron chi connectivity index (χ1n) is 5.49. The molecular formula is C13H14INO2. The Morgan fingerprint density at radius 1 is 1.47 bits per heavy atom. The maximum Gasteiger partial charge on any atom is 0.310 e. The standard InChI is InChI=1S/C13H14INO2/c1-3-12-9(7-13(16)17-4-2)5-11(14)6-10(12)8-15/h5-6H,3-4,7H2,1-2H3. The predicted octanol–water partition coefficient (Wildman–Crippen LogP) is 2.83. The van der Waals surface area contributed by atoms with Crippen molar-refractivity contribution >= 4 is 28.6 Å². The average molecular weight is 343 g/mol. The van der Waals surface area contributed by atoms with Crippen molar-refractivity contribution < 1.29 is 9.53 Å². The van der Waals surface area contributed by atoms with Crippen LogP contribution in [0.25, 0.3) is 0 Å². The van der Waals surface area contributed by atoms with Crippen LogP contribution < -0.4 is 0 Å². The Labute approximate surface area is 115 Å². The van der Waals surface area contributed by atoms with Crippen LogP contribution >= 0.6 is 22.6 Å². The highest BCUT2D eigenvalue weighted by atomic mass is 127. The summed E-state index contributed by atoms with van der Waals surface area (Å²) in [5, 5.41) is 9.07. The first kappa shape index (κ1) is 14.0. The fourth-order valence-electron chi connectivity index (χ4n) is 1.74. The van der Waals surface area contributed by atoms with E-state index in [0.717, 1.165) is 21.1 Å². The van der Waals surface area contributed by atoms with Crippen LogP contribution in [-0.2, 0) is 22.4 Å². The van der Waals surface area contributed by atoms with Gasteiger partial charge in [-0.1, -0.05) is 6.92 Å². The van der Waals surface area contributed by atoms with Crippen LogP contribution in [-0.4, -0.2) is 12.6 Å². The molecule has 0 heterocycles. The topological polar surface area (TPSA) is 50.1 Å². The number of esters is 1. The van der Waals surface area contributed by atoms with Crippen LogP contribution in [0.4, 0.5) is 0 Å². The Bertz CT molecular complexity index is 463. The van der Waals surface area contributed by atoms with Gasteiger partial charge in [0.15, 0.2) is 0 Å². The highest BCUT2D eigenvalue weighted by Gasteiger charge is 2.12. The van der Waals surface area contributed by atoms with E-state index < -0.39 is 0 Å². The molecule has 0 aromatic heterocycles. The fraction of sp³-hybridized carbons (Fsp3) is 0.385. The van der Waals surface area contributed by atoms with Crippen molar-refractivity contribution in [2.75, 3.05) is 6.61 Å². The second kappa shape index (κ2) is 6.60. The number of ether oxygens (including phenoxy) is 1. The molecule has 0 amide bonds. The number of nitrogens with zero attached hydrogens (tertiary/aromatic N) is 1. The minimum Gasteiger partial charge on any atom is -0.466 e. The Morgan fingerprint density at radius 3 is 2.71 bits per heavy atom. The Balaban J connectivity index is 3.10. The van der Waals surface area contributed by atoms with Crippen LogP contribution in [0.1, 0.15) is 30.5 Å².